The van der Waals surface area contributed by atoms with Crippen LogP contribution in [0.3, 0.4) is 0 Å². The second-order valence-electron chi connectivity index (χ2n) is 6.57. The number of rotatable bonds is 5. The van der Waals surface area contributed by atoms with E-state index < -0.39 is 6.36 Å². The zero-order chi connectivity index (χ0) is 20.9. The van der Waals surface area contributed by atoms with Crippen molar-refractivity contribution in [1.82, 2.24) is 10.2 Å². The maximum absolute atomic E-state index is 12.9. The van der Waals surface area contributed by atoms with Crippen molar-refractivity contribution in [2.45, 2.75) is 31.9 Å². The van der Waals surface area contributed by atoms with Crippen LogP contribution in [0.25, 0.3) is 0 Å². The molecule has 0 bridgehead atoms. The first-order valence-corrected chi connectivity index (χ1v) is 9.09. The summed E-state index contributed by atoms with van der Waals surface area (Å²) in [6, 6.07) is 11.0. The third-order valence-electron chi connectivity index (χ3n) is 4.47. The van der Waals surface area contributed by atoms with Crippen molar-refractivity contribution >= 4 is 6.03 Å². The van der Waals surface area contributed by atoms with Gasteiger partial charge in [-0.05, 0) is 30.3 Å². The van der Waals surface area contributed by atoms with Crippen LogP contribution in [0.15, 0.2) is 48.5 Å². The van der Waals surface area contributed by atoms with Gasteiger partial charge >= 0.3 is 12.4 Å². The van der Waals surface area contributed by atoms with Crippen molar-refractivity contribution in [2.75, 3.05) is 13.1 Å². The van der Waals surface area contributed by atoms with Gasteiger partial charge in [-0.2, -0.15) is 0 Å². The molecule has 1 saturated heterocycles. The Morgan fingerprint density at radius 3 is 2.38 bits per heavy atom. The molecule has 2 amide bonds. The standard InChI is InChI=1S/C20H20F4N2O3/c21-15-5-7-16(8-6-15)28-17-9-11-26(12-10-17)19(27)25-13-14-3-1-2-4-18(14)29-20(22,23)24/h1-8,17H,9-13H2,(H,25,27). The molecule has 0 unspecified atom stereocenters. The summed E-state index contributed by atoms with van der Waals surface area (Å²) in [6.07, 6.45) is -3.70. The Morgan fingerprint density at radius 1 is 1.07 bits per heavy atom. The highest BCUT2D eigenvalue weighted by Crippen LogP contribution is 2.26. The molecule has 3 rings (SSSR count). The topological polar surface area (TPSA) is 50.8 Å². The summed E-state index contributed by atoms with van der Waals surface area (Å²) in [5, 5.41) is 2.62. The SMILES string of the molecule is O=C(NCc1ccccc1OC(F)(F)F)N1CCC(Oc2ccc(F)cc2)CC1. The van der Waals surface area contributed by atoms with Crippen LogP contribution in [-0.4, -0.2) is 36.5 Å². The summed E-state index contributed by atoms with van der Waals surface area (Å²) < 4.78 is 60.1. The monoisotopic (exact) mass is 412 g/mol. The summed E-state index contributed by atoms with van der Waals surface area (Å²) in [5.41, 5.74) is 0.229. The number of urea groups is 1. The van der Waals surface area contributed by atoms with Gasteiger partial charge in [-0.25, -0.2) is 9.18 Å². The molecule has 5 nitrogen and oxygen atoms in total. The Kier molecular flexibility index (Phi) is 6.46. The quantitative estimate of drug-likeness (QED) is 0.737. The minimum absolute atomic E-state index is 0.0862. The molecule has 0 atom stereocenters. The number of carbonyl (C=O) groups excluding carboxylic acids is 1. The number of ether oxygens (including phenoxy) is 2. The van der Waals surface area contributed by atoms with Crippen LogP contribution in [0, 0.1) is 5.82 Å². The van der Waals surface area contributed by atoms with Crippen molar-refractivity contribution in [1.29, 1.82) is 0 Å². The number of likely N-dealkylation sites (tertiary alicyclic amines) is 1. The Labute approximate surface area is 165 Å². The number of halogens is 4. The van der Waals surface area contributed by atoms with Gasteiger partial charge in [0.15, 0.2) is 0 Å². The van der Waals surface area contributed by atoms with Gasteiger partial charge in [-0.1, -0.05) is 18.2 Å². The third kappa shape index (κ3) is 6.27. The maximum atomic E-state index is 12.9. The number of benzene rings is 2. The number of carbonyl (C=O) groups is 1. The number of hydrogen-bond donors (Lipinski definition) is 1. The van der Waals surface area contributed by atoms with Gasteiger partial charge in [0.2, 0.25) is 0 Å². The Bertz CT molecular complexity index is 819. The molecule has 1 aliphatic heterocycles. The molecule has 2 aromatic carbocycles. The van der Waals surface area contributed by atoms with Gasteiger partial charge in [-0.15, -0.1) is 13.2 Å². The lowest BCUT2D eigenvalue weighted by Gasteiger charge is -2.32. The lowest BCUT2D eigenvalue weighted by molar-refractivity contribution is -0.274. The largest absolute Gasteiger partial charge is 0.573 e. The molecule has 0 radical (unpaired) electrons. The fraction of sp³-hybridized carbons (Fsp3) is 0.350. The average Bonchev–Trinajstić information content (AvgIpc) is 2.68. The third-order valence-corrected chi connectivity index (χ3v) is 4.47. The van der Waals surface area contributed by atoms with Gasteiger partial charge in [0.25, 0.3) is 0 Å². The van der Waals surface area contributed by atoms with Crippen LogP contribution in [0.2, 0.25) is 0 Å². The Hall–Kier alpha value is -2.97. The van der Waals surface area contributed by atoms with Crippen LogP contribution in [0.5, 0.6) is 11.5 Å². The normalized spacial score (nSPS) is 15.1. The predicted molar refractivity (Wildman–Crippen MR) is 97.0 cm³/mol. The van der Waals surface area contributed by atoms with Gasteiger partial charge in [0, 0.05) is 38.0 Å². The molecule has 156 valence electrons. The summed E-state index contributed by atoms with van der Waals surface area (Å²) in [7, 11) is 0. The summed E-state index contributed by atoms with van der Waals surface area (Å²) >= 11 is 0. The molecule has 0 aliphatic carbocycles. The molecule has 1 fully saturated rings. The fourth-order valence-electron chi connectivity index (χ4n) is 3.04. The van der Waals surface area contributed by atoms with E-state index in [1.54, 1.807) is 23.1 Å². The second-order valence-corrected chi connectivity index (χ2v) is 6.57. The van der Waals surface area contributed by atoms with Gasteiger partial charge in [-0.3, -0.25) is 0 Å². The molecular formula is C20H20F4N2O3. The van der Waals surface area contributed by atoms with Crippen molar-refractivity contribution in [3.8, 4) is 11.5 Å². The minimum atomic E-state index is -4.80. The maximum Gasteiger partial charge on any atom is 0.573 e. The van der Waals surface area contributed by atoms with Crippen LogP contribution >= 0.6 is 0 Å². The molecule has 1 heterocycles. The number of nitrogens with one attached hydrogen (secondary N) is 1. The zero-order valence-corrected chi connectivity index (χ0v) is 15.4. The molecule has 29 heavy (non-hydrogen) atoms. The van der Waals surface area contributed by atoms with E-state index in [2.05, 4.69) is 10.1 Å². The number of nitrogens with zero attached hydrogens (tertiary/aromatic N) is 1. The zero-order valence-electron chi connectivity index (χ0n) is 15.4. The molecule has 1 N–H and O–H groups in total. The van der Waals surface area contributed by atoms with E-state index in [4.69, 9.17) is 4.74 Å². The first kappa shape index (κ1) is 20.8. The van der Waals surface area contributed by atoms with E-state index in [1.807, 2.05) is 0 Å². The number of hydrogen-bond acceptors (Lipinski definition) is 3. The van der Waals surface area contributed by atoms with Crippen molar-refractivity contribution in [2.24, 2.45) is 0 Å². The molecule has 0 saturated carbocycles. The fourth-order valence-corrected chi connectivity index (χ4v) is 3.04. The van der Waals surface area contributed by atoms with E-state index in [-0.39, 0.29) is 35.8 Å². The molecule has 0 aromatic heterocycles. The second kappa shape index (κ2) is 9.02. The molecule has 9 heteroatoms. The minimum Gasteiger partial charge on any atom is -0.490 e. The van der Waals surface area contributed by atoms with Gasteiger partial charge in [0.1, 0.15) is 23.4 Å². The first-order chi connectivity index (χ1) is 13.8. The van der Waals surface area contributed by atoms with Crippen molar-refractivity contribution in [3.05, 3.63) is 59.9 Å². The van der Waals surface area contributed by atoms with Crippen molar-refractivity contribution < 1.29 is 31.8 Å². The summed E-state index contributed by atoms with van der Waals surface area (Å²) in [5.74, 6) is -0.117. The van der Waals surface area contributed by atoms with E-state index in [0.29, 0.717) is 31.7 Å². The van der Waals surface area contributed by atoms with E-state index >= 15 is 0 Å². The lowest BCUT2D eigenvalue weighted by atomic mass is 10.1. The van der Waals surface area contributed by atoms with Crippen LogP contribution in [0.4, 0.5) is 22.4 Å². The van der Waals surface area contributed by atoms with Crippen molar-refractivity contribution in [3.63, 3.8) is 0 Å². The van der Waals surface area contributed by atoms with Gasteiger partial charge in [0.05, 0.1) is 0 Å². The Morgan fingerprint density at radius 2 is 1.72 bits per heavy atom. The average molecular weight is 412 g/mol. The number of para-hydroxylation sites is 1. The smallest absolute Gasteiger partial charge is 0.490 e. The van der Waals surface area contributed by atoms with Crippen LogP contribution < -0.4 is 14.8 Å². The van der Waals surface area contributed by atoms with E-state index in [9.17, 15) is 22.4 Å². The lowest BCUT2D eigenvalue weighted by Crippen LogP contribution is -2.46. The highest BCUT2D eigenvalue weighted by Gasteiger charge is 2.32. The number of alkyl halides is 3. The summed E-state index contributed by atoms with van der Waals surface area (Å²) in [6.45, 7) is 0.799. The number of piperidine rings is 1. The first-order valence-electron chi connectivity index (χ1n) is 9.09. The Balaban J connectivity index is 1.47. The highest BCUT2D eigenvalue weighted by atomic mass is 19.4. The van der Waals surface area contributed by atoms with E-state index in [0.717, 1.165) is 0 Å². The highest BCUT2D eigenvalue weighted by molar-refractivity contribution is 5.74. The molecule has 0 spiro atoms. The molecule has 2 aromatic rings. The van der Waals surface area contributed by atoms with Gasteiger partial charge < -0.3 is 19.7 Å². The van der Waals surface area contributed by atoms with Crippen LogP contribution in [-0.2, 0) is 6.54 Å². The predicted octanol–water partition coefficient (Wildman–Crippen LogP) is 4.48. The van der Waals surface area contributed by atoms with Crippen LogP contribution in [0.1, 0.15) is 18.4 Å². The number of amides is 2. The molecule has 1 aliphatic rings. The van der Waals surface area contributed by atoms with E-state index in [1.165, 1.54) is 30.3 Å². The summed E-state index contributed by atoms with van der Waals surface area (Å²) in [4.78, 5) is 13.9. The molecular weight excluding hydrogens is 392 g/mol.